The first-order chi connectivity index (χ1) is 7.49. The Morgan fingerprint density at radius 1 is 1.38 bits per heavy atom. The van der Waals surface area contributed by atoms with Crippen LogP contribution in [0, 0.1) is 16.0 Å². The van der Waals surface area contributed by atoms with Gasteiger partial charge in [-0.1, -0.05) is 38.1 Å². The predicted octanol–water partition coefficient (Wildman–Crippen LogP) is 3.52. The van der Waals surface area contributed by atoms with Crippen LogP contribution < -0.4 is 0 Å². The molecular formula is C13H17NO2. The molecule has 0 radical (unpaired) electrons. The normalized spacial score (nSPS) is 11.9. The van der Waals surface area contributed by atoms with Gasteiger partial charge in [0.15, 0.2) is 0 Å². The molecule has 0 aliphatic carbocycles. The number of rotatable bonds is 4. The van der Waals surface area contributed by atoms with E-state index in [9.17, 15) is 10.1 Å². The molecule has 0 saturated heterocycles. The summed E-state index contributed by atoms with van der Waals surface area (Å²) in [7, 11) is 0. The van der Waals surface area contributed by atoms with Gasteiger partial charge in [0.2, 0.25) is 5.70 Å². The summed E-state index contributed by atoms with van der Waals surface area (Å²) >= 11 is 0. The van der Waals surface area contributed by atoms with Crippen LogP contribution in [0.25, 0.3) is 6.08 Å². The Hall–Kier alpha value is -1.64. The smallest absolute Gasteiger partial charge is 0.243 e. The maximum Gasteiger partial charge on any atom is 0.243 e. The van der Waals surface area contributed by atoms with Gasteiger partial charge in [0.05, 0.1) is 4.92 Å². The molecule has 0 bridgehead atoms. The van der Waals surface area contributed by atoms with Crippen molar-refractivity contribution in [3.05, 3.63) is 51.2 Å². The Morgan fingerprint density at radius 3 is 2.38 bits per heavy atom. The summed E-state index contributed by atoms with van der Waals surface area (Å²) in [4.78, 5) is 10.1. The molecule has 3 nitrogen and oxygen atoms in total. The Balaban J connectivity index is 2.79. The van der Waals surface area contributed by atoms with Crippen LogP contribution in [-0.4, -0.2) is 4.92 Å². The molecule has 0 unspecified atom stereocenters. The van der Waals surface area contributed by atoms with Crippen LogP contribution in [0.2, 0.25) is 0 Å². The van der Waals surface area contributed by atoms with Crippen molar-refractivity contribution in [3.8, 4) is 0 Å². The number of allylic oxidation sites excluding steroid dienone is 1. The molecule has 0 aromatic heterocycles. The zero-order valence-corrected chi connectivity index (χ0v) is 9.93. The standard InChI is InChI=1S/C13H17NO2/c1-10(2)8-12-4-6-13(7-5-12)9-11(3)14(15)16/h4-7,9-10H,8H2,1-3H3. The quantitative estimate of drug-likeness (QED) is 0.574. The first kappa shape index (κ1) is 12.4. The number of benzene rings is 1. The van der Waals surface area contributed by atoms with Gasteiger partial charge in [-0.05, 0) is 23.5 Å². The fourth-order valence-corrected chi connectivity index (χ4v) is 1.52. The second kappa shape index (κ2) is 5.45. The van der Waals surface area contributed by atoms with E-state index in [2.05, 4.69) is 13.8 Å². The molecule has 0 aliphatic rings. The zero-order valence-electron chi connectivity index (χ0n) is 9.93. The molecule has 0 saturated carbocycles. The van der Waals surface area contributed by atoms with Crippen molar-refractivity contribution in [2.24, 2.45) is 5.92 Å². The van der Waals surface area contributed by atoms with Gasteiger partial charge in [0.25, 0.3) is 0 Å². The Morgan fingerprint density at radius 2 is 1.94 bits per heavy atom. The highest BCUT2D eigenvalue weighted by Gasteiger charge is 2.02. The molecule has 0 fully saturated rings. The van der Waals surface area contributed by atoms with E-state index >= 15 is 0 Å². The zero-order chi connectivity index (χ0) is 12.1. The molecule has 1 aromatic carbocycles. The van der Waals surface area contributed by atoms with Crippen LogP contribution in [0.15, 0.2) is 30.0 Å². The second-order valence-corrected chi connectivity index (χ2v) is 4.38. The van der Waals surface area contributed by atoms with Gasteiger partial charge in [-0.3, -0.25) is 10.1 Å². The van der Waals surface area contributed by atoms with Gasteiger partial charge in [-0.25, -0.2) is 0 Å². The summed E-state index contributed by atoms with van der Waals surface area (Å²) in [6.07, 6.45) is 2.62. The van der Waals surface area contributed by atoms with Crippen molar-refractivity contribution in [1.82, 2.24) is 0 Å². The first-order valence-corrected chi connectivity index (χ1v) is 5.40. The highest BCUT2D eigenvalue weighted by Crippen LogP contribution is 2.12. The fourth-order valence-electron chi connectivity index (χ4n) is 1.52. The molecule has 3 heteroatoms. The molecule has 16 heavy (non-hydrogen) atoms. The van der Waals surface area contributed by atoms with Crippen LogP contribution >= 0.6 is 0 Å². The highest BCUT2D eigenvalue weighted by molar-refractivity contribution is 5.51. The van der Waals surface area contributed by atoms with Crippen LogP contribution in [0.4, 0.5) is 0 Å². The lowest BCUT2D eigenvalue weighted by Gasteiger charge is -2.04. The van der Waals surface area contributed by atoms with Crippen molar-refractivity contribution in [1.29, 1.82) is 0 Å². The summed E-state index contributed by atoms with van der Waals surface area (Å²) in [5.41, 5.74) is 2.31. The lowest BCUT2D eigenvalue weighted by Crippen LogP contribution is -1.94. The van der Waals surface area contributed by atoms with E-state index in [4.69, 9.17) is 0 Å². The Kier molecular flexibility index (Phi) is 4.23. The highest BCUT2D eigenvalue weighted by atomic mass is 16.6. The molecule has 1 rings (SSSR count). The maximum absolute atomic E-state index is 10.5. The van der Waals surface area contributed by atoms with E-state index in [-0.39, 0.29) is 10.6 Å². The van der Waals surface area contributed by atoms with Gasteiger partial charge in [0, 0.05) is 13.0 Å². The van der Waals surface area contributed by atoms with Crippen molar-refractivity contribution in [2.75, 3.05) is 0 Å². The summed E-state index contributed by atoms with van der Waals surface area (Å²) in [5, 5.41) is 10.5. The molecule has 0 N–H and O–H groups in total. The molecule has 0 aliphatic heterocycles. The third-order valence-electron chi connectivity index (χ3n) is 2.29. The lowest BCUT2D eigenvalue weighted by atomic mass is 10.0. The number of nitrogens with zero attached hydrogens (tertiary/aromatic N) is 1. The Labute approximate surface area is 95.9 Å². The number of hydrogen-bond acceptors (Lipinski definition) is 2. The Bertz CT molecular complexity index is 391. The summed E-state index contributed by atoms with van der Waals surface area (Å²) in [6, 6.07) is 7.90. The van der Waals surface area contributed by atoms with Crippen molar-refractivity contribution < 1.29 is 4.92 Å². The molecule has 0 atom stereocenters. The van der Waals surface area contributed by atoms with E-state index < -0.39 is 0 Å². The minimum absolute atomic E-state index is 0.164. The van der Waals surface area contributed by atoms with E-state index in [1.54, 1.807) is 6.08 Å². The molecular weight excluding hydrogens is 202 g/mol. The van der Waals surface area contributed by atoms with Crippen LogP contribution in [0.3, 0.4) is 0 Å². The first-order valence-electron chi connectivity index (χ1n) is 5.40. The number of nitro groups is 1. The monoisotopic (exact) mass is 219 g/mol. The summed E-state index contributed by atoms with van der Waals surface area (Å²) in [5.74, 6) is 0.627. The predicted molar refractivity (Wildman–Crippen MR) is 65.6 cm³/mol. The van der Waals surface area contributed by atoms with E-state index in [0.717, 1.165) is 12.0 Å². The van der Waals surface area contributed by atoms with Gasteiger partial charge in [-0.2, -0.15) is 0 Å². The van der Waals surface area contributed by atoms with E-state index in [0.29, 0.717) is 5.92 Å². The van der Waals surface area contributed by atoms with Crippen molar-refractivity contribution in [3.63, 3.8) is 0 Å². The van der Waals surface area contributed by atoms with E-state index in [1.807, 2.05) is 24.3 Å². The van der Waals surface area contributed by atoms with Crippen LogP contribution in [0.5, 0.6) is 0 Å². The van der Waals surface area contributed by atoms with Crippen molar-refractivity contribution in [2.45, 2.75) is 27.2 Å². The van der Waals surface area contributed by atoms with Gasteiger partial charge >= 0.3 is 0 Å². The molecule has 86 valence electrons. The molecule has 0 heterocycles. The second-order valence-electron chi connectivity index (χ2n) is 4.38. The van der Waals surface area contributed by atoms with Gasteiger partial charge < -0.3 is 0 Å². The SMILES string of the molecule is CC(=Cc1ccc(CC(C)C)cc1)[N+](=O)[O-]. The minimum Gasteiger partial charge on any atom is -0.259 e. The van der Waals surface area contributed by atoms with Gasteiger partial charge in [-0.15, -0.1) is 0 Å². The average molecular weight is 219 g/mol. The molecule has 1 aromatic rings. The average Bonchev–Trinajstić information content (AvgIpc) is 2.20. The fraction of sp³-hybridized carbons (Fsp3) is 0.385. The topological polar surface area (TPSA) is 43.1 Å². The largest absolute Gasteiger partial charge is 0.259 e. The van der Waals surface area contributed by atoms with E-state index in [1.165, 1.54) is 12.5 Å². The molecule has 0 amide bonds. The summed E-state index contributed by atoms with van der Waals surface area (Å²) < 4.78 is 0. The molecule has 0 spiro atoms. The lowest BCUT2D eigenvalue weighted by molar-refractivity contribution is -0.422. The van der Waals surface area contributed by atoms with Crippen molar-refractivity contribution >= 4 is 6.08 Å². The van der Waals surface area contributed by atoms with Crippen LogP contribution in [0.1, 0.15) is 31.9 Å². The third-order valence-corrected chi connectivity index (χ3v) is 2.29. The minimum atomic E-state index is -0.373. The third kappa shape index (κ3) is 3.85. The number of hydrogen-bond donors (Lipinski definition) is 0. The van der Waals surface area contributed by atoms with Gasteiger partial charge in [0.1, 0.15) is 0 Å². The summed E-state index contributed by atoms with van der Waals surface area (Å²) in [6.45, 7) is 5.84. The van der Waals surface area contributed by atoms with Crippen LogP contribution in [-0.2, 0) is 6.42 Å². The maximum atomic E-state index is 10.5.